The fraction of sp³-hybridized carbons (Fsp3) is 0.333. The van der Waals surface area contributed by atoms with Crippen LogP contribution in [0.25, 0.3) is 0 Å². The Balaban J connectivity index is 2.12. The monoisotopic (exact) mass is 276 g/mol. The van der Waals surface area contributed by atoms with Gasteiger partial charge in [-0.3, -0.25) is 4.90 Å². The molecule has 102 valence electrons. The highest BCUT2D eigenvalue weighted by Gasteiger charge is 2.14. The molecule has 1 atom stereocenters. The zero-order valence-electron chi connectivity index (χ0n) is 11.6. The lowest BCUT2D eigenvalue weighted by Crippen LogP contribution is -2.21. The van der Waals surface area contributed by atoms with Crippen molar-refractivity contribution in [3.05, 3.63) is 46.2 Å². The molecule has 0 aliphatic heterocycles. The molecule has 0 amide bonds. The summed E-state index contributed by atoms with van der Waals surface area (Å²) in [6.07, 6.45) is 0. The molecule has 0 spiro atoms. The summed E-state index contributed by atoms with van der Waals surface area (Å²) in [7, 11) is 3.81. The number of nitrogens with zero attached hydrogens (tertiary/aromatic N) is 1. The van der Waals surface area contributed by atoms with Gasteiger partial charge in [0.05, 0.1) is 7.11 Å². The summed E-state index contributed by atoms with van der Waals surface area (Å²) in [4.78, 5) is 3.68. The van der Waals surface area contributed by atoms with Gasteiger partial charge in [0.2, 0.25) is 0 Å². The van der Waals surface area contributed by atoms with Crippen LogP contribution in [0.3, 0.4) is 0 Å². The maximum Gasteiger partial charge on any atom is 0.125 e. The van der Waals surface area contributed by atoms with E-state index in [-0.39, 0.29) is 0 Å². The molecule has 1 aromatic heterocycles. The number of nitrogen functional groups attached to an aromatic ring is 1. The summed E-state index contributed by atoms with van der Waals surface area (Å²) in [6.45, 7) is 3.05. The molecule has 1 aromatic carbocycles. The van der Waals surface area contributed by atoms with Crippen LogP contribution in [-0.4, -0.2) is 19.1 Å². The van der Waals surface area contributed by atoms with Crippen LogP contribution in [0.5, 0.6) is 5.75 Å². The number of ether oxygens (including phenoxy) is 1. The first-order valence-electron chi connectivity index (χ1n) is 6.28. The van der Waals surface area contributed by atoms with Crippen LogP contribution >= 0.6 is 11.3 Å². The van der Waals surface area contributed by atoms with E-state index in [1.54, 1.807) is 18.4 Å². The van der Waals surface area contributed by atoms with E-state index in [1.165, 1.54) is 4.88 Å². The lowest BCUT2D eigenvalue weighted by atomic mass is 10.1. The van der Waals surface area contributed by atoms with Crippen molar-refractivity contribution in [2.75, 3.05) is 19.9 Å². The van der Waals surface area contributed by atoms with Crippen LogP contribution in [0, 0.1) is 0 Å². The summed E-state index contributed by atoms with van der Waals surface area (Å²) in [5.41, 5.74) is 7.67. The number of methoxy groups -OCH3 is 1. The van der Waals surface area contributed by atoms with Gasteiger partial charge in [-0.25, -0.2) is 0 Å². The lowest BCUT2D eigenvalue weighted by molar-refractivity contribution is 0.252. The SMILES string of the molecule is COc1cc(N)ccc1CN(C)C(C)c1cccs1. The molecule has 1 unspecified atom stereocenters. The number of nitrogens with two attached hydrogens (primary N) is 1. The third-order valence-electron chi connectivity index (χ3n) is 3.35. The van der Waals surface area contributed by atoms with E-state index < -0.39 is 0 Å². The van der Waals surface area contributed by atoms with Gasteiger partial charge in [-0.1, -0.05) is 12.1 Å². The molecule has 2 rings (SSSR count). The van der Waals surface area contributed by atoms with E-state index in [9.17, 15) is 0 Å². The standard InChI is InChI=1S/C15H20N2OS/c1-11(15-5-4-8-19-15)17(2)10-12-6-7-13(16)9-14(12)18-3/h4-9,11H,10,16H2,1-3H3. The maximum atomic E-state index is 5.78. The second-order valence-electron chi connectivity index (χ2n) is 4.68. The molecule has 2 N–H and O–H groups in total. The molecule has 0 aliphatic rings. The van der Waals surface area contributed by atoms with Gasteiger partial charge in [-0.15, -0.1) is 11.3 Å². The van der Waals surface area contributed by atoms with Crippen LogP contribution in [0.4, 0.5) is 5.69 Å². The zero-order chi connectivity index (χ0) is 13.8. The Morgan fingerprint density at radius 2 is 2.16 bits per heavy atom. The molecular formula is C15H20N2OS. The minimum absolute atomic E-state index is 0.391. The van der Waals surface area contributed by atoms with Crippen LogP contribution in [0.15, 0.2) is 35.7 Å². The highest BCUT2D eigenvalue weighted by molar-refractivity contribution is 7.10. The van der Waals surface area contributed by atoms with Crippen LogP contribution in [0.1, 0.15) is 23.4 Å². The second kappa shape index (κ2) is 6.08. The van der Waals surface area contributed by atoms with Gasteiger partial charge in [-0.2, -0.15) is 0 Å². The molecule has 3 nitrogen and oxygen atoms in total. The average molecular weight is 276 g/mol. The maximum absolute atomic E-state index is 5.78. The molecule has 0 saturated heterocycles. The molecule has 0 fully saturated rings. The third-order valence-corrected chi connectivity index (χ3v) is 4.39. The van der Waals surface area contributed by atoms with Crippen molar-refractivity contribution >= 4 is 17.0 Å². The molecule has 2 aromatic rings. The number of benzene rings is 1. The molecule has 0 aliphatic carbocycles. The molecule has 4 heteroatoms. The van der Waals surface area contributed by atoms with Gasteiger partial charge >= 0.3 is 0 Å². The molecule has 0 bridgehead atoms. The van der Waals surface area contributed by atoms with Gasteiger partial charge < -0.3 is 10.5 Å². The predicted octanol–water partition coefficient (Wildman–Crippen LogP) is 3.53. The zero-order valence-corrected chi connectivity index (χ0v) is 12.4. The van der Waals surface area contributed by atoms with Crippen molar-refractivity contribution in [3.63, 3.8) is 0 Å². The Labute approximate surface area is 118 Å². The summed E-state index contributed by atoms with van der Waals surface area (Å²) in [5.74, 6) is 0.852. The van der Waals surface area contributed by atoms with Crippen molar-refractivity contribution in [2.45, 2.75) is 19.5 Å². The number of rotatable bonds is 5. The lowest BCUT2D eigenvalue weighted by Gasteiger charge is -2.24. The normalized spacial score (nSPS) is 12.6. The van der Waals surface area contributed by atoms with E-state index in [1.807, 2.05) is 18.2 Å². The van der Waals surface area contributed by atoms with Crippen LogP contribution in [-0.2, 0) is 6.54 Å². The topological polar surface area (TPSA) is 38.5 Å². The fourth-order valence-corrected chi connectivity index (χ4v) is 2.89. The largest absolute Gasteiger partial charge is 0.496 e. The minimum Gasteiger partial charge on any atom is -0.496 e. The first-order valence-corrected chi connectivity index (χ1v) is 7.16. The van der Waals surface area contributed by atoms with Gasteiger partial charge in [0.1, 0.15) is 5.75 Å². The highest BCUT2D eigenvalue weighted by atomic mass is 32.1. The average Bonchev–Trinajstić information content (AvgIpc) is 2.93. The Morgan fingerprint density at radius 3 is 2.79 bits per heavy atom. The van der Waals surface area contributed by atoms with E-state index in [0.717, 1.165) is 23.5 Å². The van der Waals surface area contributed by atoms with Crippen molar-refractivity contribution in [1.82, 2.24) is 4.90 Å². The third kappa shape index (κ3) is 3.28. The molecular weight excluding hydrogens is 256 g/mol. The summed E-state index contributed by atoms with van der Waals surface area (Å²) >= 11 is 1.79. The Kier molecular flexibility index (Phi) is 4.45. The van der Waals surface area contributed by atoms with Gasteiger partial charge in [-0.05, 0) is 31.5 Å². The van der Waals surface area contributed by atoms with Crippen molar-refractivity contribution in [2.24, 2.45) is 0 Å². The Hall–Kier alpha value is -1.52. The molecule has 19 heavy (non-hydrogen) atoms. The summed E-state index contributed by atoms with van der Waals surface area (Å²) in [5, 5.41) is 2.11. The van der Waals surface area contributed by atoms with Gasteiger partial charge in [0.25, 0.3) is 0 Å². The first kappa shape index (κ1) is 13.9. The molecule has 0 radical (unpaired) electrons. The number of anilines is 1. The minimum atomic E-state index is 0.391. The van der Waals surface area contributed by atoms with Crippen molar-refractivity contribution < 1.29 is 4.74 Å². The summed E-state index contributed by atoms with van der Waals surface area (Å²) in [6, 6.07) is 10.5. The van der Waals surface area contributed by atoms with Crippen molar-refractivity contribution in [1.29, 1.82) is 0 Å². The second-order valence-corrected chi connectivity index (χ2v) is 5.66. The predicted molar refractivity (Wildman–Crippen MR) is 81.6 cm³/mol. The molecule has 0 saturated carbocycles. The van der Waals surface area contributed by atoms with Gasteiger partial charge in [0.15, 0.2) is 0 Å². The van der Waals surface area contributed by atoms with E-state index in [0.29, 0.717) is 6.04 Å². The Bertz CT molecular complexity index is 525. The van der Waals surface area contributed by atoms with E-state index in [2.05, 4.69) is 36.4 Å². The number of hydrogen-bond acceptors (Lipinski definition) is 4. The smallest absolute Gasteiger partial charge is 0.125 e. The van der Waals surface area contributed by atoms with Crippen molar-refractivity contribution in [3.8, 4) is 5.75 Å². The number of thiophene rings is 1. The number of hydrogen-bond donors (Lipinski definition) is 1. The van der Waals surface area contributed by atoms with Gasteiger partial charge in [0, 0.05) is 34.8 Å². The fourth-order valence-electron chi connectivity index (χ4n) is 2.04. The molecule has 1 heterocycles. The Morgan fingerprint density at radius 1 is 1.37 bits per heavy atom. The quantitative estimate of drug-likeness (QED) is 0.849. The highest BCUT2D eigenvalue weighted by Crippen LogP contribution is 2.28. The van der Waals surface area contributed by atoms with E-state index in [4.69, 9.17) is 10.5 Å². The van der Waals surface area contributed by atoms with Crippen LogP contribution in [0.2, 0.25) is 0 Å². The first-order chi connectivity index (χ1) is 9.11. The summed E-state index contributed by atoms with van der Waals surface area (Å²) < 4.78 is 5.39. The van der Waals surface area contributed by atoms with Crippen LogP contribution < -0.4 is 10.5 Å². The van der Waals surface area contributed by atoms with E-state index >= 15 is 0 Å².